The third-order valence-electron chi connectivity index (χ3n) is 5.86. The number of fused-ring (bicyclic) bond motifs is 4. The smallest absolute Gasteiger partial charge is 0.237 e. The second-order valence-electron chi connectivity index (χ2n) is 8.14. The minimum Gasteiger partial charge on any atom is -0.497 e. The molecule has 5 aromatic rings. The van der Waals surface area contributed by atoms with E-state index in [0.717, 1.165) is 22.2 Å². The average Bonchev–Trinajstić information content (AvgIpc) is 3.55. The average molecular weight is 500 g/mol. The van der Waals surface area contributed by atoms with Gasteiger partial charge in [-0.3, -0.25) is 9.20 Å². The standard InChI is InChI=1S/C26H21N5O4S/c1-15(25(32)27-17-9-12-21-22(13-17)35-14-34-21)36-26-30-29-24-19-5-3-4-6-20(19)28-23(31(24)26)16-7-10-18(33-2)11-8-16/h3-13,15H,14H2,1-2H3,(H,27,32). The van der Waals surface area contributed by atoms with Crippen LogP contribution < -0.4 is 19.5 Å². The van der Waals surface area contributed by atoms with Gasteiger partial charge in [0.2, 0.25) is 12.7 Å². The lowest BCUT2D eigenvalue weighted by atomic mass is 10.1. The number of thioether (sulfide) groups is 1. The van der Waals surface area contributed by atoms with Gasteiger partial charge in [0.15, 0.2) is 22.3 Å². The van der Waals surface area contributed by atoms with Crippen molar-refractivity contribution in [2.75, 3.05) is 19.2 Å². The first-order valence-corrected chi connectivity index (χ1v) is 12.1. The van der Waals surface area contributed by atoms with Gasteiger partial charge in [-0.2, -0.15) is 0 Å². The van der Waals surface area contributed by atoms with Gasteiger partial charge < -0.3 is 19.5 Å². The van der Waals surface area contributed by atoms with Crippen molar-refractivity contribution in [3.05, 3.63) is 66.7 Å². The Balaban J connectivity index is 1.35. The highest BCUT2D eigenvalue weighted by atomic mass is 32.2. The van der Waals surface area contributed by atoms with E-state index in [9.17, 15) is 4.79 Å². The molecular weight excluding hydrogens is 478 g/mol. The van der Waals surface area contributed by atoms with E-state index in [1.54, 1.807) is 25.3 Å². The lowest BCUT2D eigenvalue weighted by molar-refractivity contribution is -0.115. The Kier molecular flexibility index (Phi) is 5.57. The van der Waals surface area contributed by atoms with E-state index in [2.05, 4.69) is 15.5 Å². The number of carbonyl (C=O) groups excluding carboxylic acids is 1. The zero-order valence-electron chi connectivity index (χ0n) is 19.5. The Hall–Kier alpha value is -4.31. The fraction of sp³-hybridized carbons (Fsp3) is 0.154. The minimum absolute atomic E-state index is 0.171. The molecule has 3 aromatic carbocycles. The van der Waals surface area contributed by atoms with Crippen LogP contribution in [0.15, 0.2) is 71.9 Å². The zero-order chi connectivity index (χ0) is 24.6. The molecule has 0 fully saturated rings. The van der Waals surface area contributed by atoms with Gasteiger partial charge in [-0.25, -0.2) is 4.98 Å². The molecule has 2 aromatic heterocycles. The topological polar surface area (TPSA) is 99.9 Å². The number of para-hydroxylation sites is 1. The van der Waals surface area contributed by atoms with Gasteiger partial charge >= 0.3 is 0 Å². The summed E-state index contributed by atoms with van der Waals surface area (Å²) >= 11 is 1.31. The van der Waals surface area contributed by atoms with E-state index < -0.39 is 5.25 Å². The third kappa shape index (κ3) is 3.95. The summed E-state index contributed by atoms with van der Waals surface area (Å²) in [6.07, 6.45) is 0. The fourth-order valence-corrected chi connectivity index (χ4v) is 4.85. The Bertz CT molecular complexity index is 1600. The van der Waals surface area contributed by atoms with Crippen LogP contribution in [0.1, 0.15) is 6.92 Å². The number of hydrogen-bond donors (Lipinski definition) is 1. The van der Waals surface area contributed by atoms with Crippen molar-refractivity contribution < 1.29 is 19.0 Å². The highest BCUT2D eigenvalue weighted by molar-refractivity contribution is 8.00. The molecule has 0 radical (unpaired) electrons. The summed E-state index contributed by atoms with van der Waals surface area (Å²) in [4.78, 5) is 17.9. The summed E-state index contributed by atoms with van der Waals surface area (Å²) in [7, 11) is 1.63. The van der Waals surface area contributed by atoms with E-state index in [1.165, 1.54) is 11.8 Å². The van der Waals surface area contributed by atoms with E-state index >= 15 is 0 Å². The number of nitrogens with zero attached hydrogens (tertiary/aromatic N) is 4. The lowest BCUT2D eigenvalue weighted by Gasteiger charge is -2.13. The Morgan fingerprint density at radius 2 is 1.86 bits per heavy atom. The first-order valence-electron chi connectivity index (χ1n) is 11.3. The molecule has 0 saturated carbocycles. The first-order chi connectivity index (χ1) is 17.6. The van der Waals surface area contributed by atoms with Crippen molar-refractivity contribution in [1.29, 1.82) is 0 Å². The van der Waals surface area contributed by atoms with Crippen LogP contribution in [0.2, 0.25) is 0 Å². The maximum Gasteiger partial charge on any atom is 0.237 e. The molecule has 3 heterocycles. The number of aromatic nitrogens is 4. The summed E-state index contributed by atoms with van der Waals surface area (Å²) in [6.45, 7) is 2.01. The molecule has 0 saturated heterocycles. The second kappa shape index (κ2) is 9.04. The maximum absolute atomic E-state index is 13.0. The molecule has 180 valence electrons. The van der Waals surface area contributed by atoms with Gasteiger partial charge in [-0.05, 0) is 55.5 Å². The normalized spacial score (nSPS) is 13.2. The van der Waals surface area contributed by atoms with Gasteiger partial charge in [0.1, 0.15) is 11.6 Å². The van der Waals surface area contributed by atoms with Crippen molar-refractivity contribution in [1.82, 2.24) is 19.6 Å². The summed E-state index contributed by atoms with van der Waals surface area (Å²) in [6, 6.07) is 20.8. The van der Waals surface area contributed by atoms with Gasteiger partial charge in [0.05, 0.1) is 17.9 Å². The van der Waals surface area contributed by atoms with Crippen LogP contribution in [0.5, 0.6) is 17.2 Å². The predicted octanol–water partition coefficient (Wildman–Crippen LogP) is 4.80. The minimum atomic E-state index is -0.460. The molecular formula is C26H21N5O4S. The molecule has 0 aliphatic carbocycles. The number of methoxy groups -OCH3 is 1. The number of rotatable bonds is 6. The Morgan fingerprint density at radius 3 is 2.69 bits per heavy atom. The highest BCUT2D eigenvalue weighted by Crippen LogP contribution is 2.35. The number of hydrogen-bond acceptors (Lipinski definition) is 8. The van der Waals surface area contributed by atoms with Gasteiger partial charge in [-0.15, -0.1) is 10.2 Å². The molecule has 1 N–H and O–H groups in total. The summed E-state index contributed by atoms with van der Waals surface area (Å²) in [5.41, 5.74) is 3.01. The molecule has 6 rings (SSSR count). The van der Waals surface area contributed by atoms with Crippen LogP contribution in [-0.4, -0.2) is 44.6 Å². The molecule has 1 amide bonds. The first kappa shape index (κ1) is 22.2. The summed E-state index contributed by atoms with van der Waals surface area (Å²) in [5.74, 6) is 2.54. The predicted molar refractivity (Wildman–Crippen MR) is 137 cm³/mol. The number of anilines is 1. The number of benzene rings is 3. The van der Waals surface area contributed by atoms with Crippen LogP contribution in [-0.2, 0) is 4.79 Å². The van der Waals surface area contributed by atoms with E-state index in [1.807, 2.05) is 59.9 Å². The molecule has 0 spiro atoms. The molecule has 1 aliphatic rings. The van der Waals surface area contributed by atoms with Gasteiger partial charge in [-0.1, -0.05) is 23.9 Å². The third-order valence-corrected chi connectivity index (χ3v) is 6.90. The zero-order valence-corrected chi connectivity index (χ0v) is 20.3. The monoisotopic (exact) mass is 499 g/mol. The van der Waals surface area contributed by atoms with Crippen molar-refractivity contribution in [2.24, 2.45) is 0 Å². The van der Waals surface area contributed by atoms with Crippen LogP contribution in [0.3, 0.4) is 0 Å². The molecule has 1 aliphatic heterocycles. The van der Waals surface area contributed by atoms with Crippen LogP contribution in [0.25, 0.3) is 27.9 Å². The second-order valence-corrected chi connectivity index (χ2v) is 9.45. The number of nitrogens with one attached hydrogen (secondary N) is 1. The van der Waals surface area contributed by atoms with E-state index in [4.69, 9.17) is 19.2 Å². The van der Waals surface area contributed by atoms with Gasteiger partial charge in [0.25, 0.3) is 0 Å². The number of carbonyl (C=O) groups is 1. The Labute approximate surface area is 210 Å². The van der Waals surface area contributed by atoms with Crippen molar-refractivity contribution in [3.63, 3.8) is 0 Å². The summed E-state index contributed by atoms with van der Waals surface area (Å²) < 4.78 is 18.0. The van der Waals surface area contributed by atoms with Crippen LogP contribution >= 0.6 is 11.8 Å². The van der Waals surface area contributed by atoms with E-state index in [0.29, 0.717) is 33.8 Å². The molecule has 9 nitrogen and oxygen atoms in total. The molecule has 1 unspecified atom stereocenters. The summed E-state index contributed by atoms with van der Waals surface area (Å²) in [5, 5.41) is 12.8. The molecule has 1 atom stereocenters. The SMILES string of the molecule is COc1ccc(-c2nc3ccccc3c3nnc(SC(C)C(=O)Nc4ccc5c(c4)OCO5)n23)cc1. The quantitative estimate of drug-likeness (QED) is 0.333. The Morgan fingerprint density at radius 1 is 1.06 bits per heavy atom. The molecule has 0 bridgehead atoms. The van der Waals surface area contributed by atoms with Crippen molar-refractivity contribution in [2.45, 2.75) is 17.3 Å². The van der Waals surface area contributed by atoms with E-state index in [-0.39, 0.29) is 12.7 Å². The largest absolute Gasteiger partial charge is 0.497 e. The fourth-order valence-electron chi connectivity index (χ4n) is 4.00. The maximum atomic E-state index is 13.0. The van der Waals surface area contributed by atoms with Crippen LogP contribution in [0, 0.1) is 0 Å². The molecule has 36 heavy (non-hydrogen) atoms. The number of amides is 1. The molecule has 10 heteroatoms. The van der Waals surface area contributed by atoms with Crippen LogP contribution in [0.4, 0.5) is 5.69 Å². The lowest BCUT2D eigenvalue weighted by Crippen LogP contribution is -2.22. The van der Waals surface area contributed by atoms with Gasteiger partial charge in [0, 0.05) is 22.7 Å². The number of ether oxygens (including phenoxy) is 3. The van der Waals surface area contributed by atoms with Crippen molar-refractivity contribution >= 4 is 39.9 Å². The highest BCUT2D eigenvalue weighted by Gasteiger charge is 2.22. The van der Waals surface area contributed by atoms with Crippen molar-refractivity contribution in [3.8, 4) is 28.6 Å².